The lowest BCUT2D eigenvalue weighted by Crippen LogP contribution is -2.42. The molecule has 1 atom stereocenters. The van der Waals surface area contributed by atoms with Crippen LogP contribution in [0.5, 0.6) is 5.88 Å². The largest absolute Gasteiger partial charge is 0.481 e. The fraction of sp³-hybridized carbons (Fsp3) is 0.450. The van der Waals surface area contributed by atoms with Crippen LogP contribution in [0.1, 0.15) is 25.7 Å². The van der Waals surface area contributed by atoms with Crippen LogP contribution in [0, 0.1) is 5.92 Å². The standard InChI is InChI=1S/C20H25N3O3/c1-2-3-6-16(14-23-11-9-15(10-12-23)20(24)25)26-19-13-21-17-7-4-5-8-18(17)22-19/h2,4-5,7-8,13,15-16H,1,3,6,9-12,14H2,(H,24,25)/t16-/m1/s1. The first-order valence-electron chi connectivity index (χ1n) is 9.10. The Morgan fingerprint density at radius 1 is 1.35 bits per heavy atom. The molecule has 3 rings (SSSR count). The minimum atomic E-state index is -0.685. The van der Waals surface area contributed by atoms with Gasteiger partial charge in [-0.1, -0.05) is 18.2 Å². The van der Waals surface area contributed by atoms with E-state index in [2.05, 4.69) is 21.4 Å². The number of aromatic nitrogens is 2. The van der Waals surface area contributed by atoms with Gasteiger partial charge in [-0.15, -0.1) is 6.58 Å². The maximum absolute atomic E-state index is 11.1. The van der Waals surface area contributed by atoms with Crippen LogP contribution in [-0.4, -0.2) is 51.7 Å². The minimum absolute atomic E-state index is 0.0233. The van der Waals surface area contributed by atoms with Gasteiger partial charge in [-0.2, -0.15) is 0 Å². The molecule has 26 heavy (non-hydrogen) atoms. The number of nitrogens with zero attached hydrogens (tertiary/aromatic N) is 3. The highest BCUT2D eigenvalue weighted by atomic mass is 16.5. The summed E-state index contributed by atoms with van der Waals surface area (Å²) in [6.45, 7) is 6.13. The van der Waals surface area contributed by atoms with E-state index in [9.17, 15) is 4.79 Å². The first-order valence-corrected chi connectivity index (χ1v) is 9.10. The van der Waals surface area contributed by atoms with Crippen molar-refractivity contribution in [2.45, 2.75) is 31.8 Å². The number of likely N-dealkylation sites (tertiary alicyclic amines) is 1. The average Bonchev–Trinajstić information content (AvgIpc) is 2.66. The molecule has 1 aromatic carbocycles. The maximum Gasteiger partial charge on any atom is 0.306 e. The van der Waals surface area contributed by atoms with Crippen LogP contribution in [0.3, 0.4) is 0 Å². The number of para-hydroxylation sites is 2. The summed E-state index contributed by atoms with van der Waals surface area (Å²) in [5, 5.41) is 9.13. The van der Waals surface area contributed by atoms with Crippen LogP contribution in [0.15, 0.2) is 43.1 Å². The molecule has 2 heterocycles. The van der Waals surface area contributed by atoms with E-state index < -0.39 is 5.97 Å². The molecule has 138 valence electrons. The van der Waals surface area contributed by atoms with Gasteiger partial charge < -0.3 is 9.84 Å². The number of benzene rings is 1. The summed E-state index contributed by atoms with van der Waals surface area (Å²) in [7, 11) is 0. The normalized spacial score (nSPS) is 17.1. The molecule has 1 saturated heterocycles. The van der Waals surface area contributed by atoms with Gasteiger partial charge in [-0.25, -0.2) is 9.97 Å². The summed E-state index contributed by atoms with van der Waals surface area (Å²) >= 11 is 0. The molecule has 0 aliphatic carbocycles. The van der Waals surface area contributed by atoms with Crippen molar-refractivity contribution in [1.82, 2.24) is 14.9 Å². The molecular formula is C20H25N3O3. The molecule has 0 saturated carbocycles. The van der Waals surface area contributed by atoms with Gasteiger partial charge in [0.05, 0.1) is 23.1 Å². The topological polar surface area (TPSA) is 75.6 Å². The molecule has 1 fully saturated rings. The van der Waals surface area contributed by atoms with Crippen molar-refractivity contribution in [3.05, 3.63) is 43.1 Å². The van der Waals surface area contributed by atoms with Crippen LogP contribution >= 0.6 is 0 Å². The number of carbonyl (C=O) groups is 1. The molecule has 0 bridgehead atoms. The lowest BCUT2D eigenvalue weighted by atomic mass is 9.97. The second-order valence-corrected chi connectivity index (χ2v) is 6.72. The molecule has 0 spiro atoms. The molecule has 1 N–H and O–H groups in total. The Morgan fingerprint density at radius 2 is 2.08 bits per heavy atom. The van der Waals surface area contributed by atoms with Crippen LogP contribution in [0.25, 0.3) is 11.0 Å². The van der Waals surface area contributed by atoms with Gasteiger partial charge in [0.25, 0.3) is 0 Å². The zero-order chi connectivity index (χ0) is 18.4. The fourth-order valence-electron chi connectivity index (χ4n) is 3.31. The lowest BCUT2D eigenvalue weighted by molar-refractivity contribution is -0.143. The van der Waals surface area contributed by atoms with E-state index in [0.29, 0.717) is 18.7 Å². The van der Waals surface area contributed by atoms with Crippen molar-refractivity contribution in [2.24, 2.45) is 5.92 Å². The highest BCUT2D eigenvalue weighted by Crippen LogP contribution is 2.20. The molecule has 6 heteroatoms. The van der Waals surface area contributed by atoms with Gasteiger partial charge in [0.1, 0.15) is 6.10 Å². The van der Waals surface area contributed by atoms with Gasteiger partial charge in [-0.3, -0.25) is 9.69 Å². The Balaban J connectivity index is 1.63. The number of rotatable bonds is 8. The Morgan fingerprint density at radius 3 is 2.77 bits per heavy atom. The molecule has 0 radical (unpaired) electrons. The van der Waals surface area contributed by atoms with E-state index in [1.54, 1.807) is 6.20 Å². The monoisotopic (exact) mass is 355 g/mol. The van der Waals surface area contributed by atoms with Gasteiger partial charge in [0.15, 0.2) is 0 Å². The second-order valence-electron chi connectivity index (χ2n) is 6.72. The van der Waals surface area contributed by atoms with Crippen molar-refractivity contribution in [2.75, 3.05) is 19.6 Å². The molecule has 1 aromatic heterocycles. The number of ether oxygens (including phenoxy) is 1. The molecular weight excluding hydrogens is 330 g/mol. The van der Waals surface area contributed by atoms with E-state index in [1.807, 2.05) is 30.3 Å². The Bertz CT molecular complexity index is 757. The quantitative estimate of drug-likeness (QED) is 0.733. The van der Waals surface area contributed by atoms with Crippen LogP contribution < -0.4 is 4.74 Å². The highest BCUT2D eigenvalue weighted by Gasteiger charge is 2.26. The zero-order valence-corrected chi connectivity index (χ0v) is 14.9. The first-order chi connectivity index (χ1) is 12.7. The zero-order valence-electron chi connectivity index (χ0n) is 14.9. The van der Waals surface area contributed by atoms with Crippen LogP contribution in [0.2, 0.25) is 0 Å². The van der Waals surface area contributed by atoms with E-state index in [-0.39, 0.29) is 12.0 Å². The van der Waals surface area contributed by atoms with Crippen molar-refractivity contribution in [3.63, 3.8) is 0 Å². The fourth-order valence-corrected chi connectivity index (χ4v) is 3.31. The smallest absolute Gasteiger partial charge is 0.306 e. The Labute approximate surface area is 153 Å². The van der Waals surface area contributed by atoms with Crippen LogP contribution in [-0.2, 0) is 4.79 Å². The summed E-state index contributed by atoms with van der Waals surface area (Å²) < 4.78 is 6.12. The van der Waals surface area contributed by atoms with E-state index in [0.717, 1.165) is 43.5 Å². The van der Waals surface area contributed by atoms with E-state index in [4.69, 9.17) is 9.84 Å². The van der Waals surface area contributed by atoms with Gasteiger partial charge in [0.2, 0.25) is 5.88 Å². The Hall–Kier alpha value is -2.47. The van der Waals surface area contributed by atoms with Gasteiger partial charge >= 0.3 is 5.97 Å². The second kappa shape index (κ2) is 8.76. The average molecular weight is 355 g/mol. The number of piperidine rings is 1. The number of carboxylic acid groups (broad SMARTS) is 1. The number of hydrogen-bond donors (Lipinski definition) is 1. The number of fused-ring (bicyclic) bond motifs is 1. The third-order valence-corrected chi connectivity index (χ3v) is 4.81. The third-order valence-electron chi connectivity index (χ3n) is 4.81. The summed E-state index contributed by atoms with van der Waals surface area (Å²) in [4.78, 5) is 22.3. The van der Waals surface area contributed by atoms with Crippen LogP contribution in [0.4, 0.5) is 0 Å². The maximum atomic E-state index is 11.1. The molecule has 1 aliphatic rings. The first kappa shape index (κ1) is 18.3. The number of aliphatic carboxylic acids is 1. The van der Waals surface area contributed by atoms with Crippen molar-refractivity contribution < 1.29 is 14.6 Å². The van der Waals surface area contributed by atoms with E-state index >= 15 is 0 Å². The molecule has 6 nitrogen and oxygen atoms in total. The Kier molecular flexibility index (Phi) is 6.17. The van der Waals surface area contributed by atoms with Crippen molar-refractivity contribution in [3.8, 4) is 5.88 Å². The molecule has 0 amide bonds. The number of carboxylic acids is 1. The highest BCUT2D eigenvalue weighted by molar-refractivity contribution is 5.74. The molecule has 0 unspecified atom stereocenters. The summed E-state index contributed by atoms with van der Waals surface area (Å²) in [5.41, 5.74) is 1.66. The number of hydrogen-bond acceptors (Lipinski definition) is 5. The number of allylic oxidation sites excluding steroid dienone is 1. The third kappa shape index (κ3) is 4.79. The lowest BCUT2D eigenvalue weighted by Gasteiger charge is -2.32. The summed E-state index contributed by atoms with van der Waals surface area (Å²) in [5.74, 6) is -0.376. The summed E-state index contributed by atoms with van der Waals surface area (Å²) in [6, 6.07) is 7.71. The SMILES string of the molecule is C=CCC[C@H](CN1CCC(C(=O)O)CC1)Oc1cnc2ccccc2n1. The minimum Gasteiger partial charge on any atom is -0.481 e. The van der Waals surface area contributed by atoms with Crippen molar-refractivity contribution >= 4 is 17.0 Å². The van der Waals surface area contributed by atoms with Gasteiger partial charge in [-0.05, 0) is 50.9 Å². The predicted molar refractivity (Wildman–Crippen MR) is 100 cm³/mol. The predicted octanol–water partition coefficient (Wildman–Crippen LogP) is 3.14. The van der Waals surface area contributed by atoms with Gasteiger partial charge in [0, 0.05) is 6.54 Å². The van der Waals surface area contributed by atoms with E-state index in [1.165, 1.54) is 0 Å². The summed E-state index contributed by atoms with van der Waals surface area (Å²) in [6.07, 6.45) is 6.62. The van der Waals surface area contributed by atoms with Crippen molar-refractivity contribution in [1.29, 1.82) is 0 Å². The molecule has 1 aliphatic heterocycles. The molecule has 2 aromatic rings.